The maximum atomic E-state index is 5.76. The molecule has 172 valence electrons. The van der Waals surface area contributed by atoms with Gasteiger partial charge in [-0.05, 0) is 76.6 Å². The molecular formula is C32H28N2O. The van der Waals surface area contributed by atoms with Gasteiger partial charge in [0.25, 0.3) is 0 Å². The van der Waals surface area contributed by atoms with Gasteiger partial charge in [-0.2, -0.15) is 0 Å². The first-order valence-corrected chi connectivity index (χ1v) is 12.1. The topological polar surface area (TPSA) is 38.9 Å². The van der Waals surface area contributed by atoms with Crippen LogP contribution in [0.5, 0.6) is 0 Å². The second-order valence-corrected chi connectivity index (χ2v) is 10.5. The normalized spacial score (nSPS) is 12.1. The summed E-state index contributed by atoms with van der Waals surface area (Å²) in [5, 5.41) is 4.67. The number of nitrogens with zero attached hydrogens (tertiary/aromatic N) is 2. The van der Waals surface area contributed by atoms with Gasteiger partial charge in [0, 0.05) is 28.2 Å². The Hall–Kier alpha value is -3.98. The van der Waals surface area contributed by atoms with E-state index in [4.69, 9.17) is 14.4 Å². The highest BCUT2D eigenvalue weighted by Gasteiger charge is 2.15. The number of aromatic nitrogens is 2. The molecule has 0 fully saturated rings. The van der Waals surface area contributed by atoms with Crippen LogP contribution in [0, 0.1) is 6.92 Å². The molecule has 35 heavy (non-hydrogen) atoms. The number of furan rings is 1. The number of aryl methyl sites for hydroxylation is 1. The van der Waals surface area contributed by atoms with Crippen LogP contribution < -0.4 is 0 Å². The Morgan fingerprint density at radius 2 is 1.57 bits per heavy atom. The van der Waals surface area contributed by atoms with Gasteiger partial charge in [0.15, 0.2) is 5.58 Å². The summed E-state index contributed by atoms with van der Waals surface area (Å²) in [7, 11) is 0. The van der Waals surface area contributed by atoms with Gasteiger partial charge < -0.3 is 4.42 Å². The number of hydrogen-bond donors (Lipinski definition) is 0. The SMILES string of the molecule is Cc1ccc2c(-c3cc(Cc4ccc5cc(C(C)(C)C)ccc5c4)ccn3)cc3ccoc3c2n1. The average Bonchev–Trinajstić information content (AvgIpc) is 3.32. The Balaban J connectivity index is 1.38. The molecule has 3 nitrogen and oxygen atoms in total. The fourth-order valence-electron chi connectivity index (χ4n) is 4.86. The minimum atomic E-state index is 0.151. The highest BCUT2D eigenvalue weighted by molar-refractivity contribution is 6.09. The zero-order valence-corrected chi connectivity index (χ0v) is 20.6. The Labute approximate surface area is 205 Å². The molecule has 3 heteroatoms. The maximum Gasteiger partial charge on any atom is 0.160 e. The average molecular weight is 457 g/mol. The molecule has 0 radical (unpaired) electrons. The van der Waals surface area contributed by atoms with Gasteiger partial charge >= 0.3 is 0 Å². The number of pyridine rings is 2. The van der Waals surface area contributed by atoms with E-state index in [2.05, 4.69) is 81.4 Å². The lowest BCUT2D eigenvalue weighted by Gasteiger charge is -2.19. The van der Waals surface area contributed by atoms with E-state index in [1.165, 1.54) is 27.5 Å². The quantitative estimate of drug-likeness (QED) is 0.268. The summed E-state index contributed by atoms with van der Waals surface area (Å²) in [4.78, 5) is 9.52. The molecule has 0 aliphatic rings. The van der Waals surface area contributed by atoms with Gasteiger partial charge in [0.1, 0.15) is 5.52 Å². The summed E-state index contributed by atoms with van der Waals surface area (Å²) in [5.74, 6) is 0. The predicted molar refractivity (Wildman–Crippen MR) is 145 cm³/mol. The first-order valence-electron chi connectivity index (χ1n) is 12.1. The lowest BCUT2D eigenvalue weighted by Crippen LogP contribution is -2.10. The van der Waals surface area contributed by atoms with Gasteiger partial charge in [0.05, 0.1) is 12.0 Å². The number of rotatable bonds is 3. The summed E-state index contributed by atoms with van der Waals surface area (Å²) in [6, 6.07) is 26.2. The first kappa shape index (κ1) is 21.5. The zero-order valence-electron chi connectivity index (χ0n) is 20.6. The van der Waals surface area contributed by atoms with Crippen LogP contribution in [0.4, 0.5) is 0 Å². The molecule has 0 unspecified atom stereocenters. The Bertz CT molecular complexity index is 1720. The van der Waals surface area contributed by atoms with Crippen molar-refractivity contribution in [3.8, 4) is 11.3 Å². The third-order valence-corrected chi connectivity index (χ3v) is 6.81. The molecule has 0 amide bonds. The first-order chi connectivity index (χ1) is 16.8. The van der Waals surface area contributed by atoms with Crippen LogP contribution in [0.25, 0.3) is 43.9 Å². The molecule has 0 bridgehead atoms. The maximum absolute atomic E-state index is 5.76. The molecule has 0 saturated carbocycles. The lowest BCUT2D eigenvalue weighted by molar-refractivity contribution is 0.591. The van der Waals surface area contributed by atoms with Crippen molar-refractivity contribution in [3.63, 3.8) is 0 Å². The fraction of sp³-hybridized carbons (Fsp3) is 0.188. The van der Waals surface area contributed by atoms with Crippen molar-refractivity contribution in [2.24, 2.45) is 0 Å². The lowest BCUT2D eigenvalue weighted by atomic mass is 9.85. The number of hydrogen-bond acceptors (Lipinski definition) is 3. The summed E-state index contributed by atoms with van der Waals surface area (Å²) in [6.07, 6.45) is 4.50. The monoisotopic (exact) mass is 456 g/mol. The molecule has 0 N–H and O–H groups in total. The largest absolute Gasteiger partial charge is 0.462 e. The van der Waals surface area contributed by atoms with Crippen LogP contribution in [0.15, 0.2) is 89.7 Å². The van der Waals surface area contributed by atoms with Crippen LogP contribution >= 0.6 is 0 Å². The van der Waals surface area contributed by atoms with E-state index in [9.17, 15) is 0 Å². The summed E-state index contributed by atoms with van der Waals surface area (Å²) in [5.41, 5.74) is 8.77. The van der Waals surface area contributed by atoms with E-state index in [0.29, 0.717) is 0 Å². The Kier molecular flexibility index (Phi) is 4.96. The Morgan fingerprint density at radius 1 is 0.771 bits per heavy atom. The van der Waals surface area contributed by atoms with Crippen LogP contribution in [-0.4, -0.2) is 9.97 Å². The molecule has 6 rings (SSSR count). The summed E-state index contributed by atoms with van der Waals surface area (Å²) >= 11 is 0. The van der Waals surface area contributed by atoms with Gasteiger partial charge in [-0.25, -0.2) is 4.98 Å². The molecule has 0 spiro atoms. The molecule has 6 aromatic rings. The van der Waals surface area contributed by atoms with Crippen molar-refractivity contribution < 1.29 is 4.42 Å². The standard InChI is InChI=1S/C32H28N2O/c1-20-5-10-27-28(19-25-12-14-35-31(25)30(27)34-20)29-17-22(11-13-33-29)15-21-6-7-24-18-26(32(2,3)4)9-8-23(24)16-21/h5-14,16-19H,15H2,1-4H3. The van der Waals surface area contributed by atoms with Crippen molar-refractivity contribution in [2.75, 3.05) is 0 Å². The van der Waals surface area contributed by atoms with Gasteiger partial charge in [-0.15, -0.1) is 0 Å². The van der Waals surface area contributed by atoms with Gasteiger partial charge in [-0.3, -0.25) is 4.98 Å². The molecular weight excluding hydrogens is 428 g/mol. The van der Waals surface area contributed by atoms with Gasteiger partial charge in [-0.1, -0.05) is 63.2 Å². The second kappa shape index (κ2) is 8.06. The smallest absolute Gasteiger partial charge is 0.160 e. The molecule has 3 aromatic heterocycles. The molecule has 0 aliphatic heterocycles. The van der Waals surface area contributed by atoms with Crippen LogP contribution in [0.2, 0.25) is 0 Å². The van der Waals surface area contributed by atoms with Gasteiger partial charge in [0.2, 0.25) is 0 Å². The number of fused-ring (bicyclic) bond motifs is 4. The Morgan fingerprint density at radius 3 is 2.43 bits per heavy atom. The molecule has 3 heterocycles. The minimum absolute atomic E-state index is 0.151. The molecule has 3 aromatic carbocycles. The minimum Gasteiger partial charge on any atom is -0.462 e. The fourth-order valence-corrected chi connectivity index (χ4v) is 4.86. The van der Waals surface area contributed by atoms with Crippen LogP contribution in [0.1, 0.15) is 43.2 Å². The highest BCUT2D eigenvalue weighted by Crippen LogP contribution is 2.34. The number of benzene rings is 3. The van der Waals surface area contributed by atoms with Crippen molar-refractivity contribution in [2.45, 2.75) is 39.5 Å². The van der Waals surface area contributed by atoms with E-state index in [1.54, 1.807) is 6.26 Å². The van der Waals surface area contributed by atoms with E-state index >= 15 is 0 Å². The van der Waals surface area contributed by atoms with E-state index < -0.39 is 0 Å². The van der Waals surface area contributed by atoms with Crippen LogP contribution in [0.3, 0.4) is 0 Å². The van der Waals surface area contributed by atoms with Crippen LogP contribution in [-0.2, 0) is 11.8 Å². The third-order valence-electron chi connectivity index (χ3n) is 6.81. The van der Waals surface area contributed by atoms with E-state index in [1.807, 2.05) is 25.3 Å². The predicted octanol–water partition coefficient (Wildman–Crippen LogP) is 8.39. The van der Waals surface area contributed by atoms with Crippen molar-refractivity contribution in [1.29, 1.82) is 0 Å². The molecule has 0 aliphatic carbocycles. The summed E-state index contributed by atoms with van der Waals surface area (Å²) in [6.45, 7) is 8.78. The summed E-state index contributed by atoms with van der Waals surface area (Å²) < 4.78 is 5.76. The second-order valence-electron chi connectivity index (χ2n) is 10.5. The molecule has 0 saturated heterocycles. The molecule has 0 atom stereocenters. The van der Waals surface area contributed by atoms with E-state index in [-0.39, 0.29) is 5.41 Å². The van der Waals surface area contributed by atoms with Crippen molar-refractivity contribution in [1.82, 2.24) is 9.97 Å². The van der Waals surface area contributed by atoms with Crippen molar-refractivity contribution in [3.05, 3.63) is 108 Å². The third kappa shape index (κ3) is 3.97. The van der Waals surface area contributed by atoms with Crippen molar-refractivity contribution >= 4 is 32.6 Å². The zero-order chi connectivity index (χ0) is 24.2. The van der Waals surface area contributed by atoms with E-state index in [0.717, 1.165) is 45.2 Å². The highest BCUT2D eigenvalue weighted by atomic mass is 16.3.